The van der Waals surface area contributed by atoms with Gasteiger partial charge in [0.15, 0.2) is 0 Å². The number of carbonyl (C=O) groups excluding carboxylic acids is 1. The molecule has 0 spiro atoms. The number of nitrogens with zero attached hydrogens (tertiary/aromatic N) is 3. The Labute approximate surface area is 179 Å². The number of benzene rings is 1. The molecule has 0 aliphatic carbocycles. The van der Waals surface area contributed by atoms with E-state index in [9.17, 15) is 14.9 Å². The third-order valence-corrected chi connectivity index (χ3v) is 4.47. The number of aryl methyl sites for hydroxylation is 1. The van der Waals surface area contributed by atoms with Crippen molar-refractivity contribution in [3.63, 3.8) is 0 Å². The predicted octanol–water partition coefficient (Wildman–Crippen LogP) is 2.85. The van der Waals surface area contributed by atoms with E-state index in [0.29, 0.717) is 31.0 Å². The number of aromatic nitrogens is 2. The summed E-state index contributed by atoms with van der Waals surface area (Å²) in [5.74, 6) is -0.0899. The fourth-order valence-corrected chi connectivity index (χ4v) is 2.90. The van der Waals surface area contributed by atoms with Gasteiger partial charge in [-0.2, -0.15) is 10.2 Å². The van der Waals surface area contributed by atoms with Gasteiger partial charge in [-0.3, -0.25) is 14.0 Å². The summed E-state index contributed by atoms with van der Waals surface area (Å²) in [6.07, 6.45) is 3.40. The van der Waals surface area contributed by atoms with Gasteiger partial charge in [0, 0.05) is 26.5 Å². The van der Waals surface area contributed by atoms with Crippen LogP contribution in [-0.4, -0.2) is 35.6 Å². The molecule has 0 aliphatic rings. The van der Waals surface area contributed by atoms with E-state index >= 15 is 0 Å². The maximum Gasteiger partial charge on any atom is 0.269 e. The molecule has 0 atom stereocenters. The minimum Gasteiger partial charge on any atom is -0.438 e. The van der Waals surface area contributed by atoms with Gasteiger partial charge < -0.3 is 14.8 Å². The quantitative estimate of drug-likeness (QED) is 0.343. The molecule has 1 N–H and O–H groups in total. The van der Waals surface area contributed by atoms with Crippen LogP contribution in [0.1, 0.15) is 17.5 Å². The Morgan fingerprint density at radius 1 is 1.26 bits per heavy atom. The van der Waals surface area contributed by atoms with Crippen molar-refractivity contribution in [1.82, 2.24) is 14.7 Å². The Balaban J connectivity index is 2.08. The first-order valence-corrected chi connectivity index (χ1v) is 9.69. The zero-order valence-electron chi connectivity index (χ0n) is 17.3. The van der Waals surface area contributed by atoms with Crippen LogP contribution in [0.3, 0.4) is 0 Å². The van der Waals surface area contributed by atoms with Gasteiger partial charge in [0.1, 0.15) is 28.6 Å². The summed E-state index contributed by atoms with van der Waals surface area (Å²) in [7, 11) is 1.57. The van der Waals surface area contributed by atoms with E-state index in [1.807, 2.05) is 25.1 Å². The van der Waals surface area contributed by atoms with E-state index in [4.69, 9.17) is 9.47 Å². The lowest BCUT2D eigenvalue weighted by atomic mass is 10.1. The minimum absolute atomic E-state index is 0.00976. The molecule has 2 heterocycles. The van der Waals surface area contributed by atoms with Crippen molar-refractivity contribution in [3.8, 4) is 17.7 Å². The van der Waals surface area contributed by atoms with Crippen LogP contribution in [0.15, 0.2) is 59.0 Å². The standard InChI is InChI=1S/C23H22N4O4/c1-16-8-6-12-27-20(16)26-22(31-18-9-4-3-5-10-18)19(23(27)29)14-17(15-24)21(28)25-11-7-13-30-2/h3-6,8-10,12,14H,7,11,13H2,1-2H3,(H,25,28)/b17-14-. The maximum atomic E-state index is 13.2. The molecular weight excluding hydrogens is 396 g/mol. The molecule has 0 radical (unpaired) electrons. The Hall–Kier alpha value is -3.96. The summed E-state index contributed by atoms with van der Waals surface area (Å²) in [6.45, 7) is 2.65. The number of rotatable bonds is 8. The lowest BCUT2D eigenvalue weighted by Crippen LogP contribution is -2.27. The Kier molecular flexibility index (Phi) is 7.14. The van der Waals surface area contributed by atoms with Crippen LogP contribution < -0.4 is 15.6 Å². The Morgan fingerprint density at radius 3 is 2.74 bits per heavy atom. The SMILES string of the molecule is COCCCNC(=O)/C(C#N)=C\c1c(Oc2ccccc2)nc2c(C)cccn2c1=O. The monoisotopic (exact) mass is 418 g/mol. The summed E-state index contributed by atoms with van der Waals surface area (Å²) in [5, 5.41) is 12.2. The molecule has 2 aromatic heterocycles. The van der Waals surface area contributed by atoms with Crippen LogP contribution in [0.5, 0.6) is 11.6 Å². The maximum absolute atomic E-state index is 13.2. The second-order valence-corrected chi connectivity index (χ2v) is 6.71. The van der Waals surface area contributed by atoms with Crippen LogP contribution in [0.2, 0.25) is 0 Å². The van der Waals surface area contributed by atoms with Gasteiger partial charge in [-0.25, -0.2) is 0 Å². The van der Waals surface area contributed by atoms with Crippen LogP contribution in [-0.2, 0) is 9.53 Å². The molecule has 3 aromatic rings. The second kappa shape index (κ2) is 10.2. The molecule has 3 rings (SSSR count). The minimum atomic E-state index is -0.585. The predicted molar refractivity (Wildman–Crippen MR) is 116 cm³/mol. The van der Waals surface area contributed by atoms with Gasteiger partial charge in [0.25, 0.3) is 11.5 Å². The highest BCUT2D eigenvalue weighted by Crippen LogP contribution is 2.24. The summed E-state index contributed by atoms with van der Waals surface area (Å²) in [6, 6.07) is 14.3. The molecule has 0 bridgehead atoms. The van der Waals surface area contributed by atoms with Gasteiger partial charge in [0.2, 0.25) is 5.88 Å². The molecule has 1 amide bonds. The van der Waals surface area contributed by atoms with Crippen molar-refractivity contribution < 1.29 is 14.3 Å². The first-order valence-electron chi connectivity index (χ1n) is 9.69. The Morgan fingerprint density at radius 2 is 2.03 bits per heavy atom. The van der Waals surface area contributed by atoms with Crippen molar-refractivity contribution in [2.75, 3.05) is 20.3 Å². The number of nitrogens with one attached hydrogen (secondary N) is 1. The summed E-state index contributed by atoms with van der Waals surface area (Å²) in [4.78, 5) is 30.1. The van der Waals surface area contributed by atoms with E-state index in [0.717, 1.165) is 5.56 Å². The number of hydrogen-bond donors (Lipinski definition) is 1. The van der Waals surface area contributed by atoms with Crippen molar-refractivity contribution in [2.24, 2.45) is 0 Å². The largest absolute Gasteiger partial charge is 0.438 e. The van der Waals surface area contributed by atoms with Crippen molar-refractivity contribution in [3.05, 3.63) is 75.7 Å². The zero-order valence-corrected chi connectivity index (χ0v) is 17.3. The molecule has 31 heavy (non-hydrogen) atoms. The first-order chi connectivity index (χ1) is 15.0. The number of carbonyl (C=O) groups is 1. The number of hydrogen-bond acceptors (Lipinski definition) is 6. The van der Waals surface area contributed by atoms with Crippen molar-refractivity contribution in [2.45, 2.75) is 13.3 Å². The molecule has 0 saturated carbocycles. The number of para-hydroxylation sites is 1. The molecule has 1 aromatic carbocycles. The number of nitriles is 1. The van der Waals surface area contributed by atoms with Crippen LogP contribution in [0.4, 0.5) is 0 Å². The van der Waals surface area contributed by atoms with Crippen molar-refractivity contribution >= 4 is 17.6 Å². The van der Waals surface area contributed by atoms with Crippen LogP contribution in [0.25, 0.3) is 11.7 Å². The normalized spacial score (nSPS) is 11.2. The fraction of sp³-hybridized carbons (Fsp3) is 0.217. The average molecular weight is 418 g/mol. The molecular formula is C23H22N4O4. The molecule has 8 heteroatoms. The molecule has 0 unspecified atom stereocenters. The topological polar surface area (TPSA) is 106 Å². The third kappa shape index (κ3) is 5.15. The van der Waals surface area contributed by atoms with Gasteiger partial charge in [-0.1, -0.05) is 24.3 Å². The smallest absolute Gasteiger partial charge is 0.269 e. The van der Waals surface area contributed by atoms with Crippen molar-refractivity contribution in [1.29, 1.82) is 5.26 Å². The molecule has 0 fully saturated rings. The molecule has 8 nitrogen and oxygen atoms in total. The lowest BCUT2D eigenvalue weighted by Gasteiger charge is -2.11. The van der Waals surface area contributed by atoms with E-state index in [1.165, 1.54) is 10.5 Å². The number of methoxy groups -OCH3 is 1. The fourth-order valence-electron chi connectivity index (χ4n) is 2.90. The lowest BCUT2D eigenvalue weighted by molar-refractivity contribution is -0.117. The van der Waals surface area contributed by atoms with Gasteiger partial charge >= 0.3 is 0 Å². The number of pyridine rings is 1. The summed E-state index contributed by atoms with van der Waals surface area (Å²) >= 11 is 0. The Bertz CT molecular complexity index is 1210. The van der Waals surface area contributed by atoms with Gasteiger partial charge in [0.05, 0.1) is 0 Å². The number of ether oxygens (including phenoxy) is 2. The first kappa shape index (κ1) is 21.7. The van der Waals surface area contributed by atoms with Crippen LogP contribution >= 0.6 is 0 Å². The highest BCUT2D eigenvalue weighted by molar-refractivity contribution is 6.01. The highest BCUT2D eigenvalue weighted by Gasteiger charge is 2.18. The molecule has 0 saturated heterocycles. The van der Waals surface area contributed by atoms with E-state index in [-0.39, 0.29) is 17.0 Å². The second-order valence-electron chi connectivity index (χ2n) is 6.71. The van der Waals surface area contributed by atoms with Gasteiger partial charge in [-0.15, -0.1) is 0 Å². The number of fused-ring (bicyclic) bond motifs is 1. The van der Waals surface area contributed by atoms with Crippen LogP contribution in [0, 0.1) is 18.3 Å². The molecule has 158 valence electrons. The summed E-state index contributed by atoms with van der Waals surface area (Å²) < 4.78 is 12.2. The third-order valence-electron chi connectivity index (χ3n) is 4.47. The zero-order chi connectivity index (χ0) is 22.2. The highest BCUT2D eigenvalue weighted by atomic mass is 16.5. The van der Waals surface area contributed by atoms with Gasteiger partial charge in [-0.05, 0) is 43.2 Å². The number of amides is 1. The van der Waals surface area contributed by atoms with E-state index in [2.05, 4.69) is 10.3 Å². The molecule has 0 aliphatic heterocycles. The van der Waals surface area contributed by atoms with E-state index in [1.54, 1.807) is 43.6 Å². The van der Waals surface area contributed by atoms with E-state index < -0.39 is 11.5 Å². The average Bonchev–Trinajstić information content (AvgIpc) is 2.78. The summed E-state index contributed by atoms with van der Waals surface area (Å²) in [5.41, 5.74) is 0.555.